The van der Waals surface area contributed by atoms with Gasteiger partial charge in [0.05, 0.1) is 6.04 Å². The molecule has 144 valence electrons. The Labute approximate surface area is 164 Å². The lowest BCUT2D eigenvalue weighted by atomic mass is 9.92. The molecule has 2 heteroatoms. The maximum atomic E-state index is 6.25. The predicted octanol–water partition coefficient (Wildman–Crippen LogP) is 7.78. The molecule has 4 rings (SSSR count). The van der Waals surface area contributed by atoms with Crippen molar-refractivity contribution in [3.05, 3.63) is 70.9 Å². The molecule has 0 bridgehead atoms. The Bertz CT molecular complexity index is 975. The second kappa shape index (κ2) is 8.94. The van der Waals surface area contributed by atoms with Crippen LogP contribution in [0, 0.1) is 6.92 Å². The number of fused-ring (bicyclic) bond motifs is 3. The zero-order valence-corrected chi connectivity index (χ0v) is 18.1. The quantitative estimate of drug-likeness (QED) is 0.439. The van der Waals surface area contributed by atoms with Crippen LogP contribution in [0.2, 0.25) is 0 Å². The minimum atomic E-state index is 0.211. The highest BCUT2D eigenvalue weighted by atomic mass is 16.3. The van der Waals surface area contributed by atoms with Crippen molar-refractivity contribution < 1.29 is 4.42 Å². The highest BCUT2D eigenvalue weighted by molar-refractivity contribution is 6.06. The zero-order chi connectivity index (χ0) is 20.1. The van der Waals surface area contributed by atoms with Gasteiger partial charge in [0.25, 0.3) is 0 Å². The fourth-order valence-electron chi connectivity index (χ4n) is 3.54. The van der Waals surface area contributed by atoms with Crippen LogP contribution in [0.3, 0.4) is 0 Å². The van der Waals surface area contributed by atoms with E-state index < -0.39 is 0 Å². The number of hydrogen-bond acceptors (Lipinski definition) is 2. The van der Waals surface area contributed by atoms with Crippen LogP contribution in [0.4, 0.5) is 0 Å². The van der Waals surface area contributed by atoms with Crippen LogP contribution < -0.4 is 0 Å². The topological polar surface area (TPSA) is 16.4 Å². The van der Waals surface area contributed by atoms with Crippen LogP contribution >= 0.6 is 0 Å². The van der Waals surface area contributed by atoms with Crippen LogP contribution in [-0.4, -0.2) is 11.9 Å². The molecule has 0 N–H and O–H groups in total. The molecule has 1 aliphatic heterocycles. The molecule has 1 aliphatic rings. The molecule has 0 spiro atoms. The van der Waals surface area contributed by atoms with E-state index in [1.54, 1.807) is 0 Å². The molecule has 27 heavy (non-hydrogen) atoms. The summed E-state index contributed by atoms with van der Waals surface area (Å²) in [5, 5.41) is 2.39. The maximum absolute atomic E-state index is 6.25. The van der Waals surface area contributed by atoms with Gasteiger partial charge in [-0.1, -0.05) is 64.1 Å². The van der Waals surface area contributed by atoms with Gasteiger partial charge in [0.1, 0.15) is 11.2 Å². The molecule has 1 atom stereocenters. The Kier molecular flexibility index (Phi) is 6.90. The summed E-state index contributed by atoms with van der Waals surface area (Å²) in [7, 11) is 2.14. The molecule has 2 aromatic carbocycles. The van der Waals surface area contributed by atoms with E-state index in [2.05, 4.69) is 69.3 Å². The maximum Gasteiger partial charge on any atom is 0.141 e. The van der Waals surface area contributed by atoms with E-state index in [1.807, 2.05) is 39.8 Å². The normalized spacial score (nSPS) is 16.1. The minimum Gasteiger partial charge on any atom is -0.456 e. The summed E-state index contributed by atoms with van der Waals surface area (Å²) in [4.78, 5) is 2.28. The van der Waals surface area contributed by atoms with Gasteiger partial charge in [-0.05, 0) is 43.5 Å². The minimum absolute atomic E-state index is 0.211. The molecule has 3 aromatic rings. The summed E-state index contributed by atoms with van der Waals surface area (Å²) in [6.45, 7) is 14.5. The van der Waals surface area contributed by atoms with Crippen LogP contribution in [0.15, 0.2) is 64.2 Å². The first-order valence-electron chi connectivity index (χ1n) is 10.1. The second-order valence-electron chi connectivity index (χ2n) is 6.54. The first kappa shape index (κ1) is 20.8. The molecule has 0 amide bonds. The van der Waals surface area contributed by atoms with Crippen LogP contribution in [0.1, 0.15) is 58.7 Å². The van der Waals surface area contributed by atoms with E-state index in [-0.39, 0.29) is 6.04 Å². The summed E-state index contributed by atoms with van der Waals surface area (Å²) in [6.07, 6.45) is 4.56. The zero-order valence-electron chi connectivity index (χ0n) is 18.1. The van der Waals surface area contributed by atoms with Gasteiger partial charge >= 0.3 is 0 Å². The predicted molar refractivity (Wildman–Crippen MR) is 119 cm³/mol. The third-order valence-electron chi connectivity index (χ3n) is 4.97. The van der Waals surface area contributed by atoms with Crippen molar-refractivity contribution in [3.63, 3.8) is 0 Å². The third kappa shape index (κ3) is 3.80. The average Bonchev–Trinajstić information content (AvgIpc) is 3.07. The summed E-state index contributed by atoms with van der Waals surface area (Å²) in [6, 6.07) is 12.9. The van der Waals surface area contributed by atoms with Crippen molar-refractivity contribution >= 4 is 21.9 Å². The van der Waals surface area contributed by atoms with Gasteiger partial charge in [0.2, 0.25) is 0 Å². The molecule has 2 nitrogen and oxygen atoms in total. The van der Waals surface area contributed by atoms with E-state index in [0.717, 1.165) is 11.2 Å². The van der Waals surface area contributed by atoms with Crippen molar-refractivity contribution in [3.8, 4) is 0 Å². The van der Waals surface area contributed by atoms with Crippen LogP contribution in [-0.2, 0) is 0 Å². The van der Waals surface area contributed by atoms with Gasteiger partial charge < -0.3 is 9.32 Å². The van der Waals surface area contributed by atoms with Crippen molar-refractivity contribution in [2.75, 3.05) is 7.05 Å². The molecule has 0 aliphatic carbocycles. The molecule has 0 radical (unpaired) electrons. The highest BCUT2D eigenvalue weighted by Crippen LogP contribution is 2.39. The van der Waals surface area contributed by atoms with E-state index in [4.69, 9.17) is 4.42 Å². The number of rotatable bonds is 1. The van der Waals surface area contributed by atoms with Gasteiger partial charge in [-0.2, -0.15) is 0 Å². The SMILES string of the molecule is CC.CC.CC1=CC(c2c(C)ccc3c2oc2ccccc23)N(C)C=C1C. The van der Waals surface area contributed by atoms with Gasteiger partial charge in [0, 0.05) is 29.6 Å². The first-order chi connectivity index (χ1) is 13.1. The molecule has 1 aromatic heterocycles. The fourth-order valence-corrected chi connectivity index (χ4v) is 3.54. The fraction of sp³-hybridized carbons (Fsp3) is 0.360. The van der Waals surface area contributed by atoms with E-state index in [0.29, 0.717) is 0 Å². The number of nitrogens with zero attached hydrogens (tertiary/aromatic N) is 1. The Morgan fingerprint density at radius 1 is 0.815 bits per heavy atom. The summed E-state index contributed by atoms with van der Waals surface area (Å²) >= 11 is 0. The van der Waals surface area contributed by atoms with Gasteiger partial charge in [-0.15, -0.1) is 0 Å². The molecule has 0 fully saturated rings. The number of aryl methyl sites for hydroxylation is 1. The van der Waals surface area contributed by atoms with Crippen molar-refractivity contribution in [2.45, 2.75) is 54.5 Å². The molecular formula is C25H33NO. The number of hydrogen-bond donors (Lipinski definition) is 0. The lowest BCUT2D eigenvalue weighted by Gasteiger charge is -2.31. The molecule has 1 unspecified atom stereocenters. The first-order valence-corrected chi connectivity index (χ1v) is 10.1. The second-order valence-corrected chi connectivity index (χ2v) is 6.54. The molecule has 0 saturated carbocycles. The summed E-state index contributed by atoms with van der Waals surface area (Å²) < 4.78 is 6.25. The Morgan fingerprint density at radius 2 is 1.48 bits per heavy atom. The van der Waals surface area contributed by atoms with Gasteiger partial charge in [-0.3, -0.25) is 0 Å². The van der Waals surface area contributed by atoms with Crippen LogP contribution in [0.25, 0.3) is 21.9 Å². The van der Waals surface area contributed by atoms with E-state index in [9.17, 15) is 0 Å². The smallest absolute Gasteiger partial charge is 0.141 e. The van der Waals surface area contributed by atoms with Crippen molar-refractivity contribution in [1.29, 1.82) is 0 Å². The van der Waals surface area contributed by atoms with Gasteiger partial charge in [0.15, 0.2) is 0 Å². The standard InChI is InChI=1S/C21H21NO.2C2H6/c1-13-9-10-17-16-7-5-6-8-19(16)23-21(17)20(13)18-11-14(2)15(3)12-22(18)4;2*1-2/h5-12,18H,1-4H3;2*1-2H3. The number of benzene rings is 2. The lowest BCUT2D eigenvalue weighted by Crippen LogP contribution is -2.22. The Morgan fingerprint density at radius 3 is 2.19 bits per heavy atom. The van der Waals surface area contributed by atoms with Gasteiger partial charge in [-0.25, -0.2) is 0 Å². The highest BCUT2D eigenvalue weighted by Gasteiger charge is 2.24. The van der Waals surface area contributed by atoms with E-state index >= 15 is 0 Å². The number of furan rings is 1. The molecule has 0 saturated heterocycles. The largest absolute Gasteiger partial charge is 0.456 e. The molecular weight excluding hydrogens is 330 g/mol. The Hall–Kier alpha value is -2.48. The monoisotopic (exact) mass is 363 g/mol. The number of likely N-dealkylation sites (N-methyl/N-ethyl adjacent to an activating group) is 1. The average molecular weight is 364 g/mol. The summed E-state index contributed by atoms with van der Waals surface area (Å²) in [5.74, 6) is 0. The summed E-state index contributed by atoms with van der Waals surface area (Å²) in [5.41, 5.74) is 7.16. The third-order valence-corrected chi connectivity index (χ3v) is 4.97. The lowest BCUT2D eigenvalue weighted by molar-refractivity contribution is 0.382. The van der Waals surface area contributed by atoms with Crippen molar-refractivity contribution in [1.82, 2.24) is 4.90 Å². The Balaban J connectivity index is 0.000000614. The van der Waals surface area contributed by atoms with E-state index in [1.165, 1.54) is 33.0 Å². The van der Waals surface area contributed by atoms with Crippen LogP contribution in [0.5, 0.6) is 0 Å². The van der Waals surface area contributed by atoms with Crippen molar-refractivity contribution in [2.24, 2.45) is 0 Å². The molecule has 2 heterocycles. The number of para-hydroxylation sites is 1. The number of allylic oxidation sites excluding steroid dienone is 2.